The molecule has 0 spiro atoms. The molecule has 1 aliphatic carbocycles. The third-order valence-corrected chi connectivity index (χ3v) is 5.39. The van der Waals surface area contributed by atoms with Crippen LogP contribution in [0, 0.1) is 30.1 Å². The normalized spacial score (nSPS) is 18.4. The summed E-state index contributed by atoms with van der Waals surface area (Å²) in [6.45, 7) is 1.96. The van der Waals surface area contributed by atoms with E-state index in [2.05, 4.69) is 16.7 Å². The fourth-order valence-electron chi connectivity index (χ4n) is 3.70. The second-order valence-corrected chi connectivity index (χ2v) is 7.39. The first kappa shape index (κ1) is 20.4. The summed E-state index contributed by atoms with van der Waals surface area (Å²) >= 11 is 0. The fraction of sp³-hybridized carbons (Fsp3) is 0.348. The summed E-state index contributed by atoms with van der Waals surface area (Å²) in [5.74, 6) is 0.220. The van der Waals surface area contributed by atoms with Crippen molar-refractivity contribution in [1.82, 2.24) is 0 Å². The molecule has 29 heavy (non-hydrogen) atoms. The number of nitrogens with one attached hydrogen (secondary N) is 2. The van der Waals surface area contributed by atoms with E-state index in [-0.39, 0.29) is 23.7 Å². The number of nitrogens with zero attached hydrogens (tertiary/aromatic N) is 1. The molecule has 1 fully saturated rings. The zero-order valence-corrected chi connectivity index (χ0v) is 16.7. The van der Waals surface area contributed by atoms with Gasteiger partial charge in [0.15, 0.2) is 0 Å². The molecule has 3 rings (SSSR count). The number of aryl methyl sites for hydroxylation is 1. The lowest BCUT2D eigenvalue weighted by Gasteiger charge is -2.27. The first-order chi connectivity index (χ1) is 14.0. The minimum absolute atomic E-state index is 0.0393. The minimum atomic E-state index is -0.153. The third kappa shape index (κ3) is 4.94. The quantitative estimate of drug-likeness (QED) is 0.797. The minimum Gasteiger partial charge on any atom is -0.495 e. The Morgan fingerprint density at radius 3 is 2.14 bits per heavy atom. The highest BCUT2D eigenvalue weighted by Crippen LogP contribution is 2.32. The smallest absolute Gasteiger partial charge is 0.227 e. The zero-order valence-electron chi connectivity index (χ0n) is 16.7. The SMILES string of the molecule is COc1ccc(C)cc1NC(=O)C1CCC(C(=O)Nc2ccccc2C#N)CC1. The number of rotatable bonds is 5. The molecule has 6 heteroatoms. The van der Waals surface area contributed by atoms with Crippen LogP contribution >= 0.6 is 0 Å². The highest BCUT2D eigenvalue weighted by molar-refractivity contribution is 5.95. The topological polar surface area (TPSA) is 91.2 Å². The monoisotopic (exact) mass is 391 g/mol. The summed E-state index contributed by atoms with van der Waals surface area (Å²) in [4.78, 5) is 25.3. The van der Waals surface area contributed by atoms with Crippen molar-refractivity contribution in [3.63, 3.8) is 0 Å². The molecule has 0 aromatic heterocycles. The van der Waals surface area contributed by atoms with Crippen LogP contribution in [0.25, 0.3) is 0 Å². The summed E-state index contributed by atoms with van der Waals surface area (Å²) in [5.41, 5.74) is 2.69. The van der Waals surface area contributed by atoms with Gasteiger partial charge in [-0.1, -0.05) is 18.2 Å². The van der Waals surface area contributed by atoms with Crippen LogP contribution in [-0.4, -0.2) is 18.9 Å². The Morgan fingerprint density at radius 2 is 1.55 bits per heavy atom. The molecule has 1 aliphatic rings. The fourth-order valence-corrected chi connectivity index (χ4v) is 3.70. The van der Waals surface area contributed by atoms with Gasteiger partial charge in [0.25, 0.3) is 0 Å². The summed E-state index contributed by atoms with van der Waals surface area (Å²) in [6.07, 6.45) is 2.59. The van der Waals surface area contributed by atoms with E-state index in [1.54, 1.807) is 31.4 Å². The number of hydrogen-bond donors (Lipinski definition) is 2. The van der Waals surface area contributed by atoms with Gasteiger partial charge in [-0.25, -0.2) is 0 Å². The number of methoxy groups -OCH3 is 1. The lowest BCUT2D eigenvalue weighted by atomic mass is 9.81. The number of nitriles is 1. The molecule has 0 unspecified atom stereocenters. The highest BCUT2D eigenvalue weighted by Gasteiger charge is 2.30. The Kier molecular flexibility index (Phi) is 6.50. The summed E-state index contributed by atoms with van der Waals surface area (Å²) in [5, 5.41) is 15.0. The van der Waals surface area contributed by atoms with Crippen LogP contribution in [0.1, 0.15) is 36.8 Å². The van der Waals surface area contributed by atoms with Crippen LogP contribution in [0.4, 0.5) is 11.4 Å². The van der Waals surface area contributed by atoms with E-state index in [9.17, 15) is 9.59 Å². The van der Waals surface area contributed by atoms with Gasteiger partial charge in [0.05, 0.1) is 24.0 Å². The second kappa shape index (κ2) is 9.24. The summed E-state index contributed by atoms with van der Waals surface area (Å²) in [7, 11) is 1.58. The van der Waals surface area contributed by atoms with Crippen LogP contribution in [0.5, 0.6) is 5.75 Å². The zero-order chi connectivity index (χ0) is 20.8. The lowest BCUT2D eigenvalue weighted by molar-refractivity contribution is -0.125. The Morgan fingerprint density at radius 1 is 0.966 bits per heavy atom. The standard InChI is InChI=1S/C23H25N3O3/c1-15-7-12-21(29-2)20(13-15)26-23(28)17-10-8-16(9-11-17)22(27)25-19-6-4-3-5-18(19)14-24/h3-7,12-13,16-17H,8-11H2,1-2H3,(H,25,27)(H,26,28). The molecular formula is C23H25N3O3. The first-order valence-electron chi connectivity index (χ1n) is 9.77. The predicted molar refractivity (Wildman–Crippen MR) is 112 cm³/mol. The van der Waals surface area contributed by atoms with Gasteiger partial charge < -0.3 is 15.4 Å². The number of amides is 2. The number of para-hydroxylation sites is 1. The van der Waals surface area contributed by atoms with Gasteiger partial charge in [-0.2, -0.15) is 5.26 Å². The van der Waals surface area contributed by atoms with Crippen molar-refractivity contribution in [1.29, 1.82) is 5.26 Å². The van der Waals surface area contributed by atoms with Crippen molar-refractivity contribution in [3.05, 3.63) is 53.6 Å². The van der Waals surface area contributed by atoms with Gasteiger partial charge in [-0.3, -0.25) is 9.59 Å². The van der Waals surface area contributed by atoms with Gasteiger partial charge in [-0.05, 0) is 62.4 Å². The Hall–Kier alpha value is -3.33. The van der Waals surface area contributed by atoms with Crippen molar-refractivity contribution in [2.24, 2.45) is 11.8 Å². The maximum Gasteiger partial charge on any atom is 0.227 e. The molecule has 2 aromatic rings. The van der Waals surface area contributed by atoms with E-state index in [0.717, 1.165) is 5.56 Å². The Balaban J connectivity index is 1.56. The van der Waals surface area contributed by atoms with Crippen molar-refractivity contribution < 1.29 is 14.3 Å². The van der Waals surface area contributed by atoms with Gasteiger partial charge in [-0.15, -0.1) is 0 Å². The molecule has 0 aliphatic heterocycles. The predicted octanol–water partition coefficient (Wildman–Crippen LogP) is 4.26. The molecule has 2 N–H and O–H groups in total. The average molecular weight is 391 g/mol. The third-order valence-electron chi connectivity index (χ3n) is 5.39. The van der Waals surface area contributed by atoms with Gasteiger partial charge in [0.2, 0.25) is 11.8 Å². The first-order valence-corrected chi connectivity index (χ1v) is 9.77. The largest absolute Gasteiger partial charge is 0.495 e. The van der Waals surface area contributed by atoms with E-state index in [4.69, 9.17) is 10.00 Å². The second-order valence-electron chi connectivity index (χ2n) is 7.39. The maximum atomic E-state index is 12.7. The highest BCUT2D eigenvalue weighted by atomic mass is 16.5. The van der Waals surface area contributed by atoms with Gasteiger partial charge in [0.1, 0.15) is 11.8 Å². The number of carbonyl (C=O) groups excluding carboxylic acids is 2. The molecule has 0 saturated heterocycles. The molecule has 2 aromatic carbocycles. The van der Waals surface area contributed by atoms with Gasteiger partial charge in [0, 0.05) is 11.8 Å². The number of anilines is 2. The molecule has 2 amide bonds. The average Bonchev–Trinajstić information content (AvgIpc) is 2.74. The Bertz CT molecular complexity index is 941. The number of carbonyl (C=O) groups is 2. The molecule has 0 radical (unpaired) electrons. The van der Waals surface area contributed by atoms with Crippen molar-refractivity contribution in [3.8, 4) is 11.8 Å². The Labute approximate surface area is 170 Å². The summed E-state index contributed by atoms with van der Waals surface area (Å²) < 4.78 is 5.32. The van der Waals surface area contributed by atoms with Crippen LogP contribution in [0.15, 0.2) is 42.5 Å². The molecule has 0 heterocycles. The lowest BCUT2D eigenvalue weighted by Crippen LogP contribution is -2.32. The van der Waals surface area contributed by atoms with Crippen LogP contribution in [0.2, 0.25) is 0 Å². The van der Waals surface area contributed by atoms with E-state index < -0.39 is 0 Å². The molecule has 150 valence electrons. The molecule has 1 saturated carbocycles. The van der Waals surface area contributed by atoms with Crippen LogP contribution < -0.4 is 15.4 Å². The van der Waals surface area contributed by atoms with Gasteiger partial charge >= 0.3 is 0 Å². The van der Waals surface area contributed by atoms with Crippen molar-refractivity contribution >= 4 is 23.2 Å². The molecular weight excluding hydrogens is 366 g/mol. The van der Waals surface area contributed by atoms with Crippen molar-refractivity contribution in [2.75, 3.05) is 17.7 Å². The van der Waals surface area contributed by atoms with E-state index in [1.165, 1.54) is 0 Å². The van der Waals surface area contributed by atoms with Crippen LogP contribution in [0.3, 0.4) is 0 Å². The molecule has 0 bridgehead atoms. The molecule has 6 nitrogen and oxygen atoms in total. The number of ether oxygens (including phenoxy) is 1. The summed E-state index contributed by atoms with van der Waals surface area (Å²) in [6, 6.07) is 14.7. The van der Waals surface area contributed by atoms with Crippen molar-refractivity contribution in [2.45, 2.75) is 32.6 Å². The van der Waals surface area contributed by atoms with Crippen LogP contribution in [-0.2, 0) is 9.59 Å². The number of benzene rings is 2. The number of hydrogen-bond acceptors (Lipinski definition) is 4. The maximum absolute atomic E-state index is 12.7. The van der Waals surface area contributed by atoms with E-state index in [0.29, 0.717) is 48.4 Å². The van der Waals surface area contributed by atoms with E-state index >= 15 is 0 Å². The van der Waals surface area contributed by atoms with E-state index in [1.807, 2.05) is 25.1 Å². The molecule has 0 atom stereocenters.